The maximum absolute atomic E-state index is 5.56. The van der Waals surface area contributed by atoms with E-state index >= 15 is 0 Å². The van der Waals surface area contributed by atoms with Crippen molar-refractivity contribution in [2.75, 3.05) is 19.7 Å². The SMILES string of the molecule is CCOc1ccc2cc(C34CNCC3C4)ccc2c1.Cl. The van der Waals surface area contributed by atoms with Crippen LogP contribution in [0.15, 0.2) is 36.4 Å². The van der Waals surface area contributed by atoms with Crippen LogP contribution in [0.25, 0.3) is 10.8 Å². The summed E-state index contributed by atoms with van der Waals surface area (Å²) in [7, 11) is 0. The average molecular weight is 290 g/mol. The first-order valence-corrected chi connectivity index (χ1v) is 7.20. The molecule has 0 bridgehead atoms. The monoisotopic (exact) mass is 289 g/mol. The summed E-state index contributed by atoms with van der Waals surface area (Å²) in [5.41, 5.74) is 1.96. The molecule has 3 heteroatoms. The Hall–Kier alpha value is -1.25. The lowest BCUT2D eigenvalue weighted by atomic mass is 9.93. The highest BCUT2D eigenvalue weighted by Gasteiger charge is 2.57. The van der Waals surface area contributed by atoms with Crippen molar-refractivity contribution >= 4 is 23.2 Å². The van der Waals surface area contributed by atoms with Crippen LogP contribution in [-0.4, -0.2) is 19.7 Å². The molecule has 1 saturated carbocycles. The molecule has 2 unspecified atom stereocenters. The van der Waals surface area contributed by atoms with Crippen molar-refractivity contribution in [3.05, 3.63) is 42.0 Å². The van der Waals surface area contributed by atoms with Crippen molar-refractivity contribution in [2.24, 2.45) is 5.92 Å². The van der Waals surface area contributed by atoms with Gasteiger partial charge in [0.2, 0.25) is 0 Å². The number of fused-ring (bicyclic) bond motifs is 2. The van der Waals surface area contributed by atoms with E-state index in [1.165, 1.54) is 29.3 Å². The Bertz CT molecular complexity index is 642. The average Bonchev–Trinajstić information content (AvgIpc) is 3.01. The van der Waals surface area contributed by atoms with Gasteiger partial charge in [-0.1, -0.05) is 24.3 Å². The normalized spacial score (nSPS) is 26.9. The maximum Gasteiger partial charge on any atom is 0.119 e. The van der Waals surface area contributed by atoms with Gasteiger partial charge < -0.3 is 10.1 Å². The van der Waals surface area contributed by atoms with Crippen LogP contribution in [-0.2, 0) is 5.41 Å². The molecule has 4 rings (SSSR count). The molecule has 0 aromatic heterocycles. The molecular weight excluding hydrogens is 270 g/mol. The highest BCUT2D eigenvalue weighted by Crippen LogP contribution is 2.56. The molecule has 2 aromatic rings. The van der Waals surface area contributed by atoms with Gasteiger partial charge in [0.25, 0.3) is 0 Å². The number of nitrogens with one attached hydrogen (secondary N) is 1. The van der Waals surface area contributed by atoms with E-state index in [9.17, 15) is 0 Å². The second kappa shape index (κ2) is 4.94. The van der Waals surface area contributed by atoms with E-state index in [0.29, 0.717) is 5.41 Å². The number of hydrogen-bond acceptors (Lipinski definition) is 2. The summed E-state index contributed by atoms with van der Waals surface area (Å²) in [4.78, 5) is 0. The van der Waals surface area contributed by atoms with Crippen LogP contribution in [0.2, 0.25) is 0 Å². The quantitative estimate of drug-likeness (QED) is 0.933. The summed E-state index contributed by atoms with van der Waals surface area (Å²) in [6.07, 6.45) is 1.36. The second-order valence-corrected chi connectivity index (χ2v) is 5.84. The largest absolute Gasteiger partial charge is 0.494 e. The molecule has 1 aliphatic carbocycles. The zero-order valence-electron chi connectivity index (χ0n) is 11.7. The molecular formula is C17H20ClNO. The minimum atomic E-state index is 0. The van der Waals surface area contributed by atoms with Gasteiger partial charge in [-0.15, -0.1) is 12.4 Å². The predicted molar refractivity (Wildman–Crippen MR) is 85.0 cm³/mol. The number of benzene rings is 2. The molecule has 2 atom stereocenters. The van der Waals surface area contributed by atoms with E-state index in [2.05, 4.69) is 41.7 Å². The van der Waals surface area contributed by atoms with Crippen molar-refractivity contribution in [1.82, 2.24) is 5.32 Å². The summed E-state index contributed by atoms with van der Waals surface area (Å²) in [6, 6.07) is 13.3. The van der Waals surface area contributed by atoms with Crippen molar-refractivity contribution < 1.29 is 4.74 Å². The molecule has 1 aliphatic heterocycles. The molecule has 1 N–H and O–H groups in total. The summed E-state index contributed by atoms with van der Waals surface area (Å²) in [6.45, 7) is 5.09. The molecule has 0 spiro atoms. The van der Waals surface area contributed by atoms with Gasteiger partial charge in [-0.3, -0.25) is 0 Å². The fraction of sp³-hybridized carbons (Fsp3) is 0.412. The lowest BCUT2D eigenvalue weighted by molar-refractivity contribution is 0.341. The third kappa shape index (κ3) is 1.99. The van der Waals surface area contributed by atoms with Crippen LogP contribution in [0.1, 0.15) is 18.9 Å². The molecule has 2 aromatic carbocycles. The number of halogens is 1. The summed E-state index contributed by atoms with van der Waals surface area (Å²) in [5, 5.41) is 6.11. The molecule has 2 aliphatic rings. The van der Waals surface area contributed by atoms with E-state index in [1.54, 1.807) is 0 Å². The van der Waals surface area contributed by atoms with Crippen LogP contribution in [0.3, 0.4) is 0 Å². The van der Waals surface area contributed by atoms with E-state index in [-0.39, 0.29) is 12.4 Å². The maximum atomic E-state index is 5.56. The van der Waals surface area contributed by atoms with Crippen LogP contribution in [0.4, 0.5) is 0 Å². The first-order chi connectivity index (χ1) is 9.32. The van der Waals surface area contributed by atoms with E-state index in [1.807, 2.05) is 6.92 Å². The Kier molecular flexibility index (Phi) is 3.39. The molecule has 0 amide bonds. The highest BCUT2D eigenvalue weighted by atomic mass is 35.5. The van der Waals surface area contributed by atoms with Gasteiger partial charge in [0.1, 0.15) is 5.75 Å². The van der Waals surface area contributed by atoms with Gasteiger partial charge in [0.15, 0.2) is 0 Å². The molecule has 2 nitrogen and oxygen atoms in total. The first kappa shape index (κ1) is 13.7. The Balaban J connectivity index is 0.00000121. The molecule has 2 fully saturated rings. The Morgan fingerprint density at radius 1 is 1.20 bits per heavy atom. The Morgan fingerprint density at radius 2 is 2.00 bits per heavy atom. The smallest absolute Gasteiger partial charge is 0.119 e. The third-order valence-electron chi connectivity index (χ3n) is 4.76. The van der Waals surface area contributed by atoms with Crippen LogP contribution in [0, 0.1) is 5.92 Å². The molecule has 106 valence electrons. The number of piperidine rings is 1. The zero-order valence-corrected chi connectivity index (χ0v) is 12.5. The Labute approximate surface area is 125 Å². The number of hydrogen-bond donors (Lipinski definition) is 1. The van der Waals surface area contributed by atoms with Crippen LogP contribution >= 0.6 is 12.4 Å². The standard InChI is InChI=1S/C17H19NO.ClH/c1-2-19-16-6-4-12-7-14(5-3-13(12)8-16)17-9-15(17)10-18-11-17;/h3-8,15,18H,2,9-11H2,1H3;1H. The fourth-order valence-corrected chi connectivity index (χ4v) is 3.58. The van der Waals surface area contributed by atoms with Crippen molar-refractivity contribution in [3.8, 4) is 5.75 Å². The number of ether oxygens (including phenoxy) is 1. The van der Waals surface area contributed by atoms with Crippen LogP contribution < -0.4 is 10.1 Å². The zero-order chi connectivity index (χ0) is 12.9. The van der Waals surface area contributed by atoms with Gasteiger partial charge >= 0.3 is 0 Å². The highest BCUT2D eigenvalue weighted by molar-refractivity contribution is 5.85. The van der Waals surface area contributed by atoms with Gasteiger partial charge in [-0.2, -0.15) is 0 Å². The molecule has 0 radical (unpaired) electrons. The molecule has 20 heavy (non-hydrogen) atoms. The van der Waals surface area contributed by atoms with E-state index < -0.39 is 0 Å². The minimum Gasteiger partial charge on any atom is -0.494 e. The number of rotatable bonds is 3. The summed E-state index contributed by atoms with van der Waals surface area (Å²) in [5.74, 6) is 1.83. The predicted octanol–water partition coefficient (Wildman–Crippen LogP) is 3.52. The lowest BCUT2D eigenvalue weighted by Crippen LogP contribution is -2.19. The van der Waals surface area contributed by atoms with Crippen LogP contribution in [0.5, 0.6) is 5.75 Å². The lowest BCUT2D eigenvalue weighted by Gasteiger charge is -2.13. The summed E-state index contributed by atoms with van der Waals surface area (Å²) >= 11 is 0. The molecule has 1 heterocycles. The van der Waals surface area contributed by atoms with Crippen molar-refractivity contribution in [1.29, 1.82) is 0 Å². The Morgan fingerprint density at radius 3 is 2.70 bits per heavy atom. The summed E-state index contributed by atoms with van der Waals surface area (Å²) < 4.78 is 5.56. The van der Waals surface area contributed by atoms with Gasteiger partial charge in [-0.25, -0.2) is 0 Å². The van der Waals surface area contributed by atoms with E-state index in [0.717, 1.165) is 24.8 Å². The van der Waals surface area contributed by atoms with E-state index in [4.69, 9.17) is 4.74 Å². The minimum absolute atomic E-state index is 0. The van der Waals surface area contributed by atoms with Crippen molar-refractivity contribution in [2.45, 2.75) is 18.8 Å². The van der Waals surface area contributed by atoms with Gasteiger partial charge in [0.05, 0.1) is 6.61 Å². The topological polar surface area (TPSA) is 21.3 Å². The molecule has 1 saturated heterocycles. The van der Waals surface area contributed by atoms with Gasteiger partial charge in [0, 0.05) is 12.0 Å². The van der Waals surface area contributed by atoms with Gasteiger partial charge in [-0.05, 0) is 54.3 Å². The second-order valence-electron chi connectivity index (χ2n) is 5.84. The third-order valence-corrected chi connectivity index (χ3v) is 4.76. The first-order valence-electron chi connectivity index (χ1n) is 7.20. The van der Waals surface area contributed by atoms with Crippen molar-refractivity contribution in [3.63, 3.8) is 0 Å². The fourth-order valence-electron chi connectivity index (χ4n) is 3.58.